The van der Waals surface area contributed by atoms with Gasteiger partial charge in [-0.05, 0) is 69.1 Å². The number of fused-ring (bicyclic) bond motifs is 2. The van der Waals surface area contributed by atoms with Crippen molar-refractivity contribution in [3.8, 4) is 56.2 Å². The molecule has 288 valence electrons. The third kappa shape index (κ3) is 6.84. The maximum absolute atomic E-state index is 5.51. The van der Waals surface area contributed by atoms with Crippen molar-refractivity contribution >= 4 is 17.2 Å². The van der Waals surface area contributed by atoms with Crippen molar-refractivity contribution in [1.82, 2.24) is 19.9 Å². The number of hydrogen-bond donors (Lipinski definition) is 0. The van der Waals surface area contributed by atoms with Gasteiger partial charge in [0.05, 0.1) is 11.4 Å². The average molecular weight is 774 g/mol. The van der Waals surface area contributed by atoms with E-state index in [9.17, 15) is 0 Å². The molecule has 5 heteroatoms. The molecule has 0 aliphatic carbocycles. The summed E-state index contributed by atoms with van der Waals surface area (Å²) < 4.78 is 0. The van der Waals surface area contributed by atoms with Gasteiger partial charge in [0.25, 0.3) is 0 Å². The molecule has 1 aliphatic heterocycles. The van der Waals surface area contributed by atoms with Crippen molar-refractivity contribution in [3.05, 3.63) is 223 Å². The van der Waals surface area contributed by atoms with Crippen molar-refractivity contribution in [1.29, 1.82) is 0 Å². The number of hydrogen-bond acceptors (Lipinski definition) is 5. The largest absolute Gasteiger partial charge is 0.294 e. The van der Waals surface area contributed by atoms with Crippen LogP contribution in [0.25, 0.3) is 56.2 Å². The van der Waals surface area contributed by atoms with Crippen molar-refractivity contribution in [2.75, 3.05) is 4.90 Å². The van der Waals surface area contributed by atoms with Crippen LogP contribution >= 0.6 is 0 Å². The molecule has 7 aromatic carbocycles. The zero-order valence-corrected chi connectivity index (χ0v) is 33.7. The number of nitrogens with zero attached hydrogens (tertiary/aromatic N) is 5. The Labute approximate surface area is 351 Å². The predicted octanol–water partition coefficient (Wildman–Crippen LogP) is 13.5. The molecular formula is C55H43N5. The Morgan fingerprint density at radius 3 is 1.38 bits per heavy atom. The van der Waals surface area contributed by atoms with Gasteiger partial charge in [0.15, 0.2) is 11.6 Å². The fourth-order valence-electron chi connectivity index (χ4n) is 8.71. The molecule has 0 radical (unpaired) electrons. The summed E-state index contributed by atoms with van der Waals surface area (Å²) in [6.07, 6.45) is 3.29. The highest BCUT2D eigenvalue weighted by Crippen LogP contribution is 2.52. The SMILES string of the molecule is CC1(C)c2ccccc2N(c2ncc(-c3c(-c4ccccc4)cccc3-c3ccccc3)cc2CCc2nc(-c3ccccc3)nc(-c3ccccc3)n2)c2ccccc21. The Morgan fingerprint density at radius 2 is 0.883 bits per heavy atom. The first-order chi connectivity index (χ1) is 29.5. The summed E-state index contributed by atoms with van der Waals surface area (Å²) in [5.74, 6) is 2.96. The third-order valence-corrected chi connectivity index (χ3v) is 11.7. The van der Waals surface area contributed by atoms with Crippen LogP contribution in [0, 0.1) is 0 Å². The van der Waals surface area contributed by atoms with Crippen LogP contribution in [0.15, 0.2) is 200 Å². The summed E-state index contributed by atoms with van der Waals surface area (Å²) in [5, 5.41) is 0. The lowest BCUT2D eigenvalue weighted by Crippen LogP contribution is -2.31. The van der Waals surface area contributed by atoms with E-state index in [0.29, 0.717) is 24.5 Å². The van der Waals surface area contributed by atoms with E-state index in [0.717, 1.165) is 73.1 Å². The van der Waals surface area contributed by atoms with Gasteiger partial charge >= 0.3 is 0 Å². The molecule has 0 N–H and O–H groups in total. The summed E-state index contributed by atoms with van der Waals surface area (Å²) in [4.78, 5) is 23.1. The summed E-state index contributed by atoms with van der Waals surface area (Å²) >= 11 is 0. The van der Waals surface area contributed by atoms with Crippen LogP contribution in [0.2, 0.25) is 0 Å². The van der Waals surface area contributed by atoms with Crippen LogP contribution in [-0.2, 0) is 18.3 Å². The number of rotatable bonds is 9. The Morgan fingerprint density at radius 1 is 0.433 bits per heavy atom. The highest BCUT2D eigenvalue weighted by molar-refractivity contribution is 5.95. The molecule has 0 bridgehead atoms. The molecule has 3 heterocycles. The van der Waals surface area contributed by atoms with Gasteiger partial charge in [0.2, 0.25) is 0 Å². The van der Waals surface area contributed by atoms with E-state index in [-0.39, 0.29) is 5.41 Å². The van der Waals surface area contributed by atoms with Crippen LogP contribution in [0.3, 0.4) is 0 Å². The van der Waals surface area contributed by atoms with Crippen molar-refractivity contribution in [2.45, 2.75) is 32.1 Å². The van der Waals surface area contributed by atoms with Gasteiger partial charge in [0.1, 0.15) is 11.6 Å². The van der Waals surface area contributed by atoms with Crippen molar-refractivity contribution in [3.63, 3.8) is 0 Å². The smallest absolute Gasteiger partial charge is 0.163 e. The van der Waals surface area contributed by atoms with E-state index in [4.69, 9.17) is 19.9 Å². The fraction of sp³-hybridized carbons (Fsp3) is 0.0909. The van der Waals surface area contributed by atoms with E-state index in [1.807, 2.05) is 36.4 Å². The number of pyridine rings is 1. The van der Waals surface area contributed by atoms with E-state index in [1.54, 1.807) is 0 Å². The first-order valence-electron chi connectivity index (χ1n) is 20.6. The first kappa shape index (κ1) is 36.8. The van der Waals surface area contributed by atoms with E-state index >= 15 is 0 Å². The maximum atomic E-state index is 5.51. The summed E-state index contributed by atoms with van der Waals surface area (Å²) in [6.45, 7) is 4.64. The van der Waals surface area contributed by atoms with E-state index in [1.165, 1.54) is 11.1 Å². The highest BCUT2D eigenvalue weighted by Gasteiger charge is 2.37. The molecule has 0 saturated heterocycles. The minimum absolute atomic E-state index is 0.199. The van der Waals surface area contributed by atoms with Crippen LogP contribution in [-0.4, -0.2) is 19.9 Å². The van der Waals surface area contributed by atoms with Gasteiger partial charge in [-0.1, -0.05) is 190 Å². The number of para-hydroxylation sites is 2. The van der Waals surface area contributed by atoms with Crippen molar-refractivity contribution in [2.24, 2.45) is 0 Å². The van der Waals surface area contributed by atoms with Gasteiger partial charge in [0, 0.05) is 34.7 Å². The van der Waals surface area contributed by atoms with E-state index < -0.39 is 0 Å². The molecule has 0 unspecified atom stereocenters. The Hall–Kier alpha value is -7.50. The molecular weight excluding hydrogens is 731 g/mol. The van der Waals surface area contributed by atoms with Gasteiger partial charge in [-0.2, -0.15) is 0 Å². The lowest BCUT2D eigenvalue weighted by molar-refractivity contribution is 0.631. The van der Waals surface area contributed by atoms with Crippen LogP contribution in [0.1, 0.15) is 36.4 Å². The molecule has 0 spiro atoms. The molecule has 5 nitrogen and oxygen atoms in total. The Bertz CT molecular complexity index is 2780. The number of anilines is 3. The van der Waals surface area contributed by atoms with Crippen molar-refractivity contribution < 1.29 is 0 Å². The molecule has 0 atom stereocenters. The van der Waals surface area contributed by atoms with E-state index in [2.05, 4.69) is 183 Å². The van der Waals surface area contributed by atoms with Crippen LogP contribution in [0.5, 0.6) is 0 Å². The second-order valence-corrected chi connectivity index (χ2v) is 15.8. The number of benzene rings is 7. The summed E-state index contributed by atoms with van der Waals surface area (Å²) in [7, 11) is 0. The molecule has 1 aliphatic rings. The number of aryl methyl sites for hydroxylation is 2. The topological polar surface area (TPSA) is 54.8 Å². The number of aromatic nitrogens is 4. The molecule has 10 rings (SSSR count). The van der Waals surface area contributed by atoms with Gasteiger partial charge < -0.3 is 0 Å². The minimum atomic E-state index is -0.199. The lowest BCUT2D eigenvalue weighted by Gasteiger charge is -2.42. The standard InChI is InChI=1S/C55H43N5/c1-55(2)46-30-15-17-32-48(46)60(49-33-18-16-31-47(49)55)54-42(34-35-50-57-52(40-24-11-5-12-25-40)59-53(58-50)41-26-13-6-14-27-41)36-43(37-56-54)51-44(38-20-7-3-8-21-38)28-19-29-45(51)39-22-9-4-10-23-39/h3-33,36-37H,34-35H2,1-2H3. The summed E-state index contributed by atoms with van der Waals surface area (Å²) in [5.41, 5.74) is 14.4. The minimum Gasteiger partial charge on any atom is -0.294 e. The van der Waals surface area contributed by atoms with Gasteiger partial charge in [-0.3, -0.25) is 4.90 Å². The molecule has 0 amide bonds. The monoisotopic (exact) mass is 773 g/mol. The zero-order chi connectivity index (χ0) is 40.5. The Kier molecular flexibility index (Phi) is 9.63. The van der Waals surface area contributed by atoms with Crippen LogP contribution < -0.4 is 4.90 Å². The molecule has 2 aromatic heterocycles. The molecule has 9 aromatic rings. The zero-order valence-electron chi connectivity index (χ0n) is 33.7. The molecule has 60 heavy (non-hydrogen) atoms. The Balaban J connectivity index is 1.18. The maximum Gasteiger partial charge on any atom is 0.163 e. The van der Waals surface area contributed by atoms with Gasteiger partial charge in [-0.15, -0.1) is 0 Å². The molecule has 0 fully saturated rings. The second kappa shape index (κ2) is 15.7. The predicted molar refractivity (Wildman–Crippen MR) is 245 cm³/mol. The van der Waals surface area contributed by atoms with Gasteiger partial charge in [-0.25, -0.2) is 19.9 Å². The van der Waals surface area contributed by atoms with Crippen LogP contribution in [0.4, 0.5) is 17.2 Å². The quantitative estimate of drug-likeness (QED) is 0.146. The molecule has 0 saturated carbocycles. The highest BCUT2D eigenvalue weighted by atomic mass is 15.2. The lowest BCUT2D eigenvalue weighted by atomic mass is 9.73. The summed E-state index contributed by atoms with van der Waals surface area (Å²) in [6, 6.07) is 68.2. The average Bonchev–Trinajstić information content (AvgIpc) is 3.32. The first-order valence-corrected chi connectivity index (χ1v) is 20.6. The third-order valence-electron chi connectivity index (χ3n) is 11.7. The normalized spacial score (nSPS) is 12.7. The fourth-order valence-corrected chi connectivity index (χ4v) is 8.71. The second-order valence-electron chi connectivity index (χ2n) is 15.8.